The number of alkyl halides is 2. The summed E-state index contributed by atoms with van der Waals surface area (Å²) in [6, 6.07) is -0.768. The smallest absolute Gasteiger partial charge is 0.312 e. The molecule has 0 spiro atoms. The van der Waals surface area contributed by atoms with Gasteiger partial charge in [-0.05, 0) is 0 Å². The van der Waals surface area contributed by atoms with Crippen LogP contribution in [0.2, 0.25) is 0 Å². The van der Waals surface area contributed by atoms with Crippen LogP contribution in [0, 0.1) is 0 Å². The Kier molecular flexibility index (Phi) is 3.66. The zero-order chi connectivity index (χ0) is 7.28. The SMILES string of the molecule is NC(=O)NCCC(F)F. The first kappa shape index (κ1) is 8.13. The lowest BCUT2D eigenvalue weighted by atomic mass is 10.4. The summed E-state index contributed by atoms with van der Waals surface area (Å²) >= 11 is 0. The largest absolute Gasteiger partial charge is 0.352 e. The summed E-state index contributed by atoms with van der Waals surface area (Å²) in [4.78, 5) is 9.85. The van der Waals surface area contributed by atoms with Crippen molar-refractivity contribution in [3.8, 4) is 0 Å². The molecule has 0 saturated carbocycles. The van der Waals surface area contributed by atoms with Gasteiger partial charge in [0.15, 0.2) is 0 Å². The lowest BCUT2D eigenvalue weighted by Gasteiger charge is -1.98. The van der Waals surface area contributed by atoms with E-state index in [0.29, 0.717) is 0 Å². The molecule has 9 heavy (non-hydrogen) atoms. The van der Waals surface area contributed by atoms with Gasteiger partial charge in [-0.2, -0.15) is 0 Å². The summed E-state index contributed by atoms with van der Waals surface area (Å²) < 4.78 is 22.6. The molecule has 0 saturated heterocycles. The highest BCUT2D eigenvalue weighted by atomic mass is 19.3. The lowest BCUT2D eigenvalue weighted by Crippen LogP contribution is -2.30. The van der Waals surface area contributed by atoms with Crippen molar-refractivity contribution in [2.45, 2.75) is 12.8 Å². The number of nitrogens with one attached hydrogen (secondary N) is 1. The van der Waals surface area contributed by atoms with Crippen molar-refractivity contribution >= 4 is 6.03 Å². The molecule has 3 N–H and O–H groups in total. The van der Waals surface area contributed by atoms with Gasteiger partial charge in [0.2, 0.25) is 6.43 Å². The Morgan fingerprint density at radius 2 is 2.22 bits per heavy atom. The van der Waals surface area contributed by atoms with Gasteiger partial charge in [-0.3, -0.25) is 0 Å². The molecular weight excluding hydrogens is 130 g/mol. The maximum atomic E-state index is 11.3. The molecule has 0 aromatic carbocycles. The Balaban J connectivity index is 3.01. The van der Waals surface area contributed by atoms with Gasteiger partial charge in [0, 0.05) is 13.0 Å². The first-order valence-corrected chi connectivity index (χ1v) is 2.44. The van der Waals surface area contributed by atoms with Crippen molar-refractivity contribution in [2.75, 3.05) is 6.54 Å². The summed E-state index contributed by atoms with van der Waals surface area (Å²) in [7, 11) is 0. The fourth-order valence-corrected chi connectivity index (χ4v) is 0.304. The molecule has 0 aliphatic heterocycles. The minimum atomic E-state index is -2.38. The van der Waals surface area contributed by atoms with Crippen LogP contribution in [0.3, 0.4) is 0 Å². The van der Waals surface area contributed by atoms with Crippen molar-refractivity contribution in [3.63, 3.8) is 0 Å². The van der Waals surface area contributed by atoms with Gasteiger partial charge < -0.3 is 11.1 Å². The molecule has 0 bridgehead atoms. The molecule has 54 valence electrons. The summed E-state index contributed by atoms with van der Waals surface area (Å²) in [5.41, 5.74) is 4.58. The number of carbonyl (C=O) groups excluding carboxylic acids is 1. The number of hydrogen-bond donors (Lipinski definition) is 2. The highest BCUT2D eigenvalue weighted by molar-refractivity contribution is 5.71. The third-order valence-electron chi connectivity index (χ3n) is 0.662. The van der Waals surface area contributed by atoms with E-state index in [1.807, 2.05) is 5.32 Å². The number of urea groups is 1. The van der Waals surface area contributed by atoms with Crippen molar-refractivity contribution in [3.05, 3.63) is 0 Å². The number of rotatable bonds is 3. The van der Waals surface area contributed by atoms with Crippen LogP contribution in [0.5, 0.6) is 0 Å². The second kappa shape index (κ2) is 4.05. The molecular formula is C4H8F2N2O. The highest BCUT2D eigenvalue weighted by Gasteiger charge is 2.00. The molecule has 0 rings (SSSR count). The first-order chi connectivity index (χ1) is 4.13. The molecule has 0 aromatic rings. The van der Waals surface area contributed by atoms with Crippen LogP contribution in [0.25, 0.3) is 0 Å². The Bertz CT molecular complexity index is 96.6. The molecule has 0 aliphatic rings. The Morgan fingerprint density at radius 3 is 2.56 bits per heavy atom. The van der Waals surface area contributed by atoms with Gasteiger partial charge in [-0.25, -0.2) is 13.6 Å². The van der Waals surface area contributed by atoms with Gasteiger partial charge in [0.1, 0.15) is 0 Å². The maximum Gasteiger partial charge on any atom is 0.312 e. The Hall–Kier alpha value is -0.870. The molecule has 0 aliphatic carbocycles. The molecule has 0 heterocycles. The van der Waals surface area contributed by atoms with E-state index in [2.05, 4.69) is 5.73 Å². The van der Waals surface area contributed by atoms with Crippen molar-refractivity contribution in [1.82, 2.24) is 5.32 Å². The quantitative estimate of drug-likeness (QED) is 0.579. The number of nitrogens with two attached hydrogens (primary N) is 1. The van der Waals surface area contributed by atoms with Crippen LogP contribution in [-0.2, 0) is 0 Å². The van der Waals surface area contributed by atoms with Gasteiger partial charge in [0.25, 0.3) is 0 Å². The highest BCUT2D eigenvalue weighted by Crippen LogP contribution is 1.95. The summed E-state index contributed by atoms with van der Waals surface area (Å²) in [6.45, 7) is -0.0625. The van der Waals surface area contributed by atoms with Gasteiger partial charge >= 0.3 is 6.03 Å². The van der Waals surface area contributed by atoms with E-state index >= 15 is 0 Å². The standard InChI is InChI=1S/C4H8F2N2O/c5-3(6)1-2-8-4(7)9/h3H,1-2H2,(H3,7,8,9). The van der Waals surface area contributed by atoms with Crippen LogP contribution in [0.15, 0.2) is 0 Å². The van der Waals surface area contributed by atoms with Crippen molar-refractivity contribution in [1.29, 1.82) is 0 Å². The Labute approximate surface area is 51.2 Å². The molecule has 5 heteroatoms. The van der Waals surface area contributed by atoms with E-state index in [1.54, 1.807) is 0 Å². The minimum Gasteiger partial charge on any atom is -0.352 e. The van der Waals surface area contributed by atoms with E-state index in [0.717, 1.165) is 0 Å². The van der Waals surface area contributed by atoms with Gasteiger partial charge in [-0.15, -0.1) is 0 Å². The second-order valence-corrected chi connectivity index (χ2v) is 1.47. The van der Waals surface area contributed by atoms with E-state index in [9.17, 15) is 13.6 Å². The summed E-state index contributed by atoms with van der Waals surface area (Å²) in [5, 5.41) is 2.04. The number of carbonyl (C=O) groups is 1. The van der Waals surface area contributed by atoms with E-state index < -0.39 is 12.5 Å². The number of amides is 2. The van der Waals surface area contributed by atoms with E-state index in [1.165, 1.54) is 0 Å². The lowest BCUT2D eigenvalue weighted by molar-refractivity contribution is 0.138. The second-order valence-electron chi connectivity index (χ2n) is 1.47. The molecule has 0 radical (unpaired) electrons. The first-order valence-electron chi connectivity index (χ1n) is 2.44. The number of halogens is 2. The van der Waals surface area contributed by atoms with Crippen LogP contribution >= 0.6 is 0 Å². The van der Waals surface area contributed by atoms with Crippen molar-refractivity contribution < 1.29 is 13.6 Å². The maximum absolute atomic E-state index is 11.3. The van der Waals surface area contributed by atoms with Crippen LogP contribution < -0.4 is 11.1 Å². The molecule has 0 fully saturated rings. The molecule has 2 amide bonds. The summed E-state index contributed by atoms with van der Waals surface area (Å²) in [6.07, 6.45) is -2.72. The van der Waals surface area contributed by atoms with Crippen LogP contribution in [0.4, 0.5) is 13.6 Å². The van der Waals surface area contributed by atoms with Gasteiger partial charge in [-0.1, -0.05) is 0 Å². The average molecular weight is 138 g/mol. The van der Waals surface area contributed by atoms with Crippen LogP contribution in [0.1, 0.15) is 6.42 Å². The zero-order valence-corrected chi connectivity index (χ0v) is 4.73. The van der Waals surface area contributed by atoms with Crippen molar-refractivity contribution in [2.24, 2.45) is 5.73 Å². The fraction of sp³-hybridized carbons (Fsp3) is 0.750. The summed E-state index contributed by atoms with van der Waals surface area (Å²) in [5.74, 6) is 0. The third kappa shape index (κ3) is 7.13. The Morgan fingerprint density at radius 1 is 1.67 bits per heavy atom. The monoisotopic (exact) mass is 138 g/mol. The third-order valence-corrected chi connectivity index (χ3v) is 0.662. The number of hydrogen-bond acceptors (Lipinski definition) is 1. The van der Waals surface area contributed by atoms with Gasteiger partial charge in [0.05, 0.1) is 0 Å². The molecule has 0 aromatic heterocycles. The average Bonchev–Trinajstić information content (AvgIpc) is 1.63. The zero-order valence-electron chi connectivity index (χ0n) is 4.73. The number of primary amides is 1. The van der Waals surface area contributed by atoms with Crippen LogP contribution in [-0.4, -0.2) is 19.0 Å². The minimum absolute atomic E-state index is 0.0625. The van der Waals surface area contributed by atoms with E-state index in [-0.39, 0.29) is 13.0 Å². The topological polar surface area (TPSA) is 55.1 Å². The predicted octanol–water partition coefficient (Wildman–Crippen LogP) is 0.310. The molecule has 3 nitrogen and oxygen atoms in total. The fourth-order valence-electron chi connectivity index (χ4n) is 0.304. The van der Waals surface area contributed by atoms with E-state index in [4.69, 9.17) is 0 Å². The molecule has 0 atom stereocenters. The normalized spacial score (nSPS) is 9.67. The predicted molar refractivity (Wildman–Crippen MR) is 28.2 cm³/mol. The molecule has 0 unspecified atom stereocenters.